The quantitative estimate of drug-likeness (QED) is 0.0960. The van der Waals surface area contributed by atoms with E-state index in [4.69, 9.17) is 0 Å². The molecule has 3 heterocycles. The maximum atomic E-state index is 2.60. The van der Waals surface area contributed by atoms with Crippen molar-refractivity contribution in [1.29, 1.82) is 0 Å². The molecule has 35 heavy (non-hydrogen) atoms. The van der Waals surface area contributed by atoms with E-state index in [1.165, 1.54) is 65.7 Å². The number of pyridine rings is 2. The van der Waals surface area contributed by atoms with E-state index in [0.717, 1.165) is 6.42 Å². The van der Waals surface area contributed by atoms with Crippen molar-refractivity contribution in [2.24, 2.45) is 12.5 Å². The first-order valence-electron chi connectivity index (χ1n) is 12.9. The third-order valence-electron chi connectivity index (χ3n) is 7.93. The number of hydrogen-bond donors (Lipinski definition) is 0. The molecule has 0 amide bonds. The van der Waals surface area contributed by atoms with Crippen molar-refractivity contribution in [3.63, 3.8) is 0 Å². The summed E-state index contributed by atoms with van der Waals surface area (Å²) in [5, 5.41) is 6.94. The van der Waals surface area contributed by atoms with Gasteiger partial charge in [-0.25, -0.2) is 0 Å². The van der Waals surface area contributed by atoms with Crippen LogP contribution in [-0.2, 0) is 13.5 Å². The molecule has 0 bridgehead atoms. The average Bonchev–Trinajstić information content (AvgIpc) is 3.07. The van der Waals surface area contributed by atoms with Gasteiger partial charge >= 0.3 is 212 Å². The van der Waals surface area contributed by atoms with Crippen molar-refractivity contribution in [1.82, 2.24) is 4.40 Å². The Morgan fingerprint density at radius 3 is 2.29 bits per heavy atom. The van der Waals surface area contributed by atoms with Gasteiger partial charge in [-0.1, -0.05) is 0 Å². The fourth-order valence-electron chi connectivity index (χ4n) is 6.11. The van der Waals surface area contributed by atoms with E-state index >= 15 is 0 Å². The first-order valence-corrected chi connectivity index (χ1v) is 20.2. The summed E-state index contributed by atoms with van der Waals surface area (Å²) in [6, 6.07) is 17.0. The van der Waals surface area contributed by atoms with Crippen molar-refractivity contribution < 1.29 is 4.57 Å². The average molecular weight is 522 g/mol. The van der Waals surface area contributed by atoms with E-state index in [1.807, 2.05) is 0 Å². The van der Waals surface area contributed by atoms with Gasteiger partial charge in [0, 0.05) is 0 Å². The summed E-state index contributed by atoms with van der Waals surface area (Å²) in [5.74, 6) is 7.51. The van der Waals surface area contributed by atoms with Gasteiger partial charge < -0.3 is 0 Å². The van der Waals surface area contributed by atoms with Crippen molar-refractivity contribution >= 4 is 66.7 Å². The number of rotatable bonds is 2. The predicted molar refractivity (Wildman–Crippen MR) is 155 cm³/mol. The van der Waals surface area contributed by atoms with Gasteiger partial charge in [0.25, 0.3) is 0 Å². The fraction of sp³-hybridized carbons (Fsp3) is 0.344. The van der Waals surface area contributed by atoms with Gasteiger partial charge in [0.1, 0.15) is 0 Å². The molecule has 0 aliphatic heterocycles. The van der Waals surface area contributed by atoms with Crippen LogP contribution in [0.1, 0.15) is 37.5 Å². The molecule has 6 rings (SSSR count). The SMILES string of the molecule is Cc1cc2c3cc(CC(C)(C)C)ccc3n3c4c[c]([Ge]([CH3])([CH3])[CH3])cc5cc[n+](C)c(c(c1C)c23)c54. The molecule has 0 spiro atoms. The van der Waals surface area contributed by atoms with Gasteiger partial charge in [0.05, 0.1) is 0 Å². The second-order valence-corrected chi connectivity index (χ2v) is 23.7. The van der Waals surface area contributed by atoms with Crippen molar-refractivity contribution in [3.8, 4) is 0 Å². The van der Waals surface area contributed by atoms with Crippen LogP contribution in [0.3, 0.4) is 0 Å². The summed E-state index contributed by atoms with van der Waals surface area (Å²) < 4.78 is 6.51. The van der Waals surface area contributed by atoms with Crippen LogP contribution >= 0.6 is 0 Å². The third-order valence-corrected chi connectivity index (χ3v) is 12.2. The predicted octanol–water partition coefficient (Wildman–Crippen LogP) is 7.57. The third kappa shape index (κ3) is 3.32. The Bertz CT molecular complexity index is 1810. The topological polar surface area (TPSA) is 8.29 Å². The first-order chi connectivity index (χ1) is 16.3. The van der Waals surface area contributed by atoms with E-state index in [2.05, 4.69) is 117 Å². The van der Waals surface area contributed by atoms with Gasteiger partial charge in [0.15, 0.2) is 0 Å². The zero-order chi connectivity index (χ0) is 25.0. The Labute approximate surface area is 211 Å². The normalized spacial score (nSPS) is 13.4. The maximum absolute atomic E-state index is 2.60. The Hall–Kier alpha value is -2.59. The van der Waals surface area contributed by atoms with Gasteiger partial charge in [-0.2, -0.15) is 0 Å². The van der Waals surface area contributed by atoms with Crippen LogP contribution in [0.5, 0.6) is 0 Å². The molecule has 0 radical (unpaired) electrons. The molecule has 3 heteroatoms. The zero-order valence-electron chi connectivity index (χ0n) is 22.7. The Balaban J connectivity index is 1.93. The van der Waals surface area contributed by atoms with Crippen molar-refractivity contribution in [2.75, 3.05) is 0 Å². The summed E-state index contributed by atoms with van der Waals surface area (Å²) in [4.78, 5) is 0. The molecule has 0 atom stereocenters. The molecule has 3 aromatic carbocycles. The van der Waals surface area contributed by atoms with E-state index in [0.29, 0.717) is 0 Å². The number of fused-ring (bicyclic) bond motifs is 5. The molecule has 0 N–H and O–H groups in total. The zero-order valence-corrected chi connectivity index (χ0v) is 24.8. The molecule has 0 unspecified atom stereocenters. The molecule has 3 aromatic heterocycles. The molecule has 0 fully saturated rings. The van der Waals surface area contributed by atoms with Gasteiger partial charge in [-0.3, -0.25) is 0 Å². The van der Waals surface area contributed by atoms with Crippen LogP contribution in [0.15, 0.2) is 48.7 Å². The van der Waals surface area contributed by atoms with Crippen LogP contribution in [0.2, 0.25) is 17.3 Å². The summed E-state index contributed by atoms with van der Waals surface area (Å²) >= 11 is -2.06. The summed E-state index contributed by atoms with van der Waals surface area (Å²) in [5.41, 5.74) is 9.89. The van der Waals surface area contributed by atoms with Crippen LogP contribution < -0.4 is 8.96 Å². The van der Waals surface area contributed by atoms with E-state index < -0.39 is 13.3 Å². The van der Waals surface area contributed by atoms with Gasteiger partial charge in [0.2, 0.25) is 0 Å². The van der Waals surface area contributed by atoms with Crippen LogP contribution in [0, 0.1) is 19.3 Å². The van der Waals surface area contributed by atoms with Crippen molar-refractivity contribution in [2.45, 2.75) is 58.3 Å². The van der Waals surface area contributed by atoms with Crippen molar-refractivity contribution in [3.05, 3.63) is 65.4 Å². The van der Waals surface area contributed by atoms with E-state index in [-0.39, 0.29) is 5.41 Å². The second kappa shape index (κ2) is 7.23. The van der Waals surface area contributed by atoms with Crippen LogP contribution in [0.4, 0.5) is 0 Å². The molecule has 0 aliphatic rings. The monoisotopic (exact) mass is 523 g/mol. The summed E-state index contributed by atoms with van der Waals surface area (Å²) in [6.07, 6.45) is 3.34. The minimum atomic E-state index is -2.06. The van der Waals surface area contributed by atoms with E-state index in [1.54, 1.807) is 4.40 Å². The summed E-state index contributed by atoms with van der Waals surface area (Å²) in [6.45, 7) is 11.6. The molecule has 2 nitrogen and oxygen atoms in total. The van der Waals surface area contributed by atoms with Gasteiger partial charge in [-0.05, 0) is 0 Å². The summed E-state index contributed by atoms with van der Waals surface area (Å²) in [7, 11) is 2.21. The number of nitrogens with zero attached hydrogens (tertiary/aromatic N) is 2. The van der Waals surface area contributed by atoms with E-state index in [9.17, 15) is 0 Å². The molecule has 178 valence electrons. The molecular weight excluding hydrogens is 485 g/mol. The molecular formula is C32H37GeN2+. The standard InChI is InChI=1S/C32H37GeN2/c1-19-14-25-24-15-21(18-32(3,4)5)10-11-26(24)35-27-17-23(33(6,7)8)16-22-12-13-34(9)31(29(22)27)28(20(19)2)30(25)35/h10-17H,18H2,1-9H3/q+1. The molecule has 0 aliphatic carbocycles. The molecule has 6 aromatic rings. The number of hydrogen-bond acceptors (Lipinski definition) is 0. The Morgan fingerprint density at radius 2 is 1.60 bits per heavy atom. The van der Waals surface area contributed by atoms with Crippen LogP contribution in [-0.4, -0.2) is 17.7 Å². The number of aryl methyl sites for hydroxylation is 3. The van der Waals surface area contributed by atoms with Crippen LogP contribution in [0.25, 0.3) is 49.0 Å². The molecule has 0 saturated carbocycles. The minimum absolute atomic E-state index is 0.265. The first kappa shape index (κ1) is 22.9. The second-order valence-electron chi connectivity index (χ2n) is 13.0. The van der Waals surface area contributed by atoms with Gasteiger partial charge in [-0.15, -0.1) is 0 Å². The Morgan fingerprint density at radius 1 is 0.857 bits per heavy atom. The Kier molecular flexibility index (Phi) is 4.72. The molecule has 0 saturated heterocycles. The number of benzene rings is 3. The number of aromatic nitrogens is 2. The fourth-order valence-corrected chi connectivity index (χ4v) is 8.54.